The average Bonchev–Trinajstić information content (AvgIpc) is 3.08. The molecule has 1 heterocycles. The minimum absolute atomic E-state index is 0.109. The zero-order chi connectivity index (χ0) is 17.7. The fourth-order valence-corrected chi connectivity index (χ4v) is 2.66. The molecular formula is C17H22ClN3O3. The van der Waals surface area contributed by atoms with E-state index in [0.717, 1.165) is 12.0 Å². The van der Waals surface area contributed by atoms with Crippen LogP contribution in [0.15, 0.2) is 24.4 Å². The molecule has 3 N–H and O–H groups in total. The third-order valence-electron chi connectivity index (χ3n) is 4.17. The summed E-state index contributed by atoms with van der Waals surface area (Å²) < 4.78 is 5.14. The van der Waals surface area contributed by atoms with Crippen molar-refractivity contribution in [2.24, 2.45) is 5.92 Å². The highest BCUT2D eigenvalue weighted by molar-refractivity contribution is 6.32. The van der Waals surface area contributed by atoms with E-state index >= 15 is 0 Å². The number of aromatic amines is 1. The number of ether oxygens (including phenoxy) is 1. The summed E-state index contributed by atoms with van der Waals surface area (Å²) >= 11 is 6.15. The van der Waals surface area contributed by atoms with Gasteiger partial charge in [-0.05, 0) is 24.1 Å². The fourth-order valence-electron chi connectivity index (χ4n) is 2.40. The van der Waals surface area contributed by atoms with Gasteiger partial charge in [0.2, 0.25) is 0 Å². The number of aromatic nitrogens is 2. The van der Waals surface area contributed by atoms with Gasteiger partial charge in [0, 0.05) is 5.56 Å². The third kappa shape index (κ3) is 3.88. The van der Waals surface area contributed by atoms with Crippen molar-refractivity contribution in [2.75, 3.05) is 13.7 Å². The van der Waals surface area contributed by atoms with Crippen LogP contribution in [-0.4, -0.2) is 41.0 Å². The van der Waals surface area contributed by atoms with Gasteiger partial charge in [0.05, 0.1) is 42.2 Å². The smallest absolute Gasteiger partial charge is 0.255 e. The van der Waals surface area contributed by atoms with Crippen LogP contribution in [0.3, 0.4) is 0 Å². The van der Waals surface area contributed by atoms with E-state index in [4.69, 9.17) is 16.3 Å². The van der Waals surface area contributed by atoms with Crippen LogP contribution in [0.1, 0.15) is 30.6 Å². The van der Waals surface area contributed by atoms with Crippen LogP contribution in [0.2, 0.25) is 5.02 Å². The number of nitrogens with zero attached hydrogens (tertiary/aromatic N) is 1. The number of halogens is 1. The van der Waals surface area contributed by atoms with Crippen molar-refractivity contribution in [3.63, 3.8) is 0 Å². The minimum Gasteiger partial charge on any atom is -0.495 e. The van der Waals surface area contributed by atoms with Gasteiger partial charge in [-0.25, -0.2) is 0 Å². The Kier molecular flexibility index (Phi) is 6.23. The number of amides is 1. The Balaban J connectivity index is 2.26. The number of carbonyl (C=O) groups is 1. The number of benzene rings is 1. The number of H-pyrrole nitrogens is 1. The molecule has 7 heteroatoms. The Bertz CT molecular complexity index is 702. The molecule has 0 aliphatic carbocycles. The molecule has 0 fully saturated rings. The highest BCUT2D eigenvalue weighted by atomic mass is 35.5. The summed E-state index contributed by atoms with van der Waals surface area (Å²) in [5, 5.41) is 19.6. The van der Waals surface area contributed by atoms with E-state index in [1.54, 1.807) is 25.3 Å². The lowest BCUT2D eigenvalue weighted by molar-refractivity contribution is 0.0892. The number of hydrogen-bond acceptors (Lipinski definition) is 4. The van der Waals surface area contributed by atoms with Crippen LogP contribution in [0.5, 0.6) is 5.75 Å². The first kappa shape index (κ1) is 18.3. The van der Waals surface area contributed by atoms with E-state index in [1.807, 2.05) is 13.8 Å². The number of hydrogen-bond donors (Lipinski definition) is 3. The number of nitrogens with one attached hydrogen (secondary N) is 2. The maximum absolute atomic E-state index is 12.6. The molecule has 0 aliphatic rings. The van der Waals surface area contributed by atoms with Crippen LogP contribution in [0.4, 0.5) is 0 Å². The van der Waals surface area contributed by atoms with Gasteiger partial charge >= 0.3 is 0 Å². The molecule has 1 aromatic carbocycles. The quantitative estimate of drug-likeness (QED) is 0.715. The van der Waals surface area contributed by atoms with Crippen LogP contribution >= 0.6 is 11.6 Å². The molecule has 0 unspecified atom stereocenters. The van der Waals surface area contributed by atoms with Crippen LogP contribution in [0.25, 0.3) is 11.3 Å². The van der Waals surface area contributed by atoms with Gasteiger partial charge < -0.3 is 15.2 Å². The van der Waals surface area contributed by atoms with Gasteiger partial charge in [-0.15, -0.1) is 0 Å². The molecule has 6 nitrogen and oxygen atoms in total. The second-order valence-corrected chi connectivity index (χ2v) is 6.06. The molecule has 0 aliphatic heterocycles. The summed E-state index contributed by atoms with van der Waals surface area (Å²) in [6.45, 7) is 3.89. The Hall–Kier alpha value is -2.05. The number of aliphatic hydroxyl groups excluding tert-OH is 1. The van der Waals surface area contributed by atoms with Crippen molar-refractivity contribution in [3.8, 4) is 17.0 Å². The highest BCUT2D eigenvalue weighted by Gasteiger charge is 2.22. The van der Waals surface area contributed by atoms with E-state index < -0.39 is 0 Å². The Morgan fingerprint density at radius 3 is 2.83 bits per heavy atom. The summed E-state index contributed by atoms with van der Waals surface area (Å²) in [5.41, 5.74) is 1.70. The predicted molar refractivity (Wildman–Crippen MR) is 93.4 cm³/mol. The SMILES string of the molecule is CC[C@H](C)[C@@H](CO)NC(=O)c1cn[nH]c1-c1ccc(OC)c(Cl)c1. The first-order chi connectivity index (χ1) is 11.5. The number of methoxy groups -OCH3 is 1. The van der Waals surface area contributed by atoms with Crippen molar-refractivity contribution in [3.05, 3.63) is 35.0 Å². The first-order valence-corrected chi connectivity index (χ1v) is 8.18. The van der Waals surface area contributed by atoms with E-state index in [-0.39, 0.29) is 24.5 Å². The molecule has 0 radical (unpaired) electrons. The van der Waals surface area contributed by atoms with Crippen molar-refractivity contribution in [2.45, 2.75) is 26.3 Å². The lowest BCUT2D eigenvalue weighted by Crippen LogP contribution is -2.41. The van der Waals surface area contributed by atoms with Crippen molar-refractivity contribution < 1.29 is 14.6 Å². The maximum atomic E-state index is 12.6. The monoisotopic (exact) mass is 351 g/mol. The second-order valence-electron chi connectivity index (χ2n) is 5.66. The maximum Gasteiger partial charge on any atom is 0.255 e. The van der Waals surface area contributed by atoms with Crippen molar-refractivity contribution in [1.29, 1.82) is 0 Å². The number of aliphatic hydroxyl groups is 1. The average molecular weight is 352 g/mol. The molecule has 2 rings (SSSR count). The zero-order valence-electron chi connectivity index (χ0n) is 14.0. The molecule has 0 bridgehead atoms. The molecule has 0 saturated carbocycles. The molecule has 1 aromatic heterocycles. The minimum atomic E-state index is -0.301. The summed E-state index contributed by atoms with van der Waals surface area (Å²) in [6, 6.07) is 4.94. The topological polar surface area (TPSA) is 87.2 Å². The Morgan fingerprint density at radius 2 is 2.25 bits per heavy atom. The van der Waals surface area contributed by atoms with Crippen LogP contribution in [0, 0.1) is 5.92 Å². The molecule has 24 heavy (non-hydrogen) atoms. The molecule has 0 saturated heterocycles. The Morgan fingerprint density at radius 1 is 1.50 bits per heavy atom. The van der Waals surface area contributed by atoms with Crippen molar-refractivity contribution >= 4 is 17.5 Å². The predicted octanol–water partition coefficient (Wildman–Crippen LogP) is 2.88. The first-order valence-electron chi connectivity index (χ1n) is 7.80. The fraction of sp³-hybridized carbons (Fsp3) is 0.412. The standard InChI is InChI=1S/C17H22ClN3O3/c1-4-10(2)14(9-22)20-17(23)12-8-19-21-16(12)11-5-6-15(24-3)13(18)7-11/h5-8,10,14,22H,4,9H2,1-3H3,(H,19,21)(H,20,23)/t10-,14+/m0/s1. The van der Waals surface area contributed by atoms with E-state index in [0.29, 0.717) is 22.0 Å². The van der Waals surface area contributed by atoms with Gasteiger partial charge in [-0.2, -0.15) is 5.10 Å². The van der Waals surface area contributed by atoms with E-state index in [2.05, 4.69) is 15.5 Å². The Labute approximate surface area is 146 Å². The molecule has 1 amide bonds. The number of carbonyl (C=O) groups excluding carboxylic acids is 1. The normalized spacial score (nSPS) is 13.4. The van der Waals surface area contributed by atoms with Crippen molar-refractivity contribution in [1.82, 2.24) is 15.5 Å². The molecule has 2 atom stereocenters. The molecular weight excluding hydrogens is 330 g/mol. The number of rotatable bonds is 7. The highest BCUT2D eigenvalue weighted by Crippen LogP contribution is 2.30. The third-order valence-corrected chi connectivity index (χ3v) is 4.46. The second kappa shape index (κ2) is 8.17. The largest absolute Gasteiger partial charge is 0.495 e. The summed E-state index contributed by atoms with van der Waals surface area (Å²) in [6.07, 6.45) is 2.33. The van der Waals surface area contributed by atoms with Crippen LogP contribution < -0.4 is 10.1 Å². The summed E-state index contributed by atoms with van der Waals surface area (Å²) in [4.78, 5) is 12.6. The van der Waals surface area contributed by atoms with Gasteiger partial charge in [0.25, 0.3) is 5.91 Å². The van der Waals surface area contributed by atoms with Gasteiger partial charge in [-0.3, -0.25) is 9.89 Å². The summed E-state index contributed by atoms with van der Waals surface area (Å²) in [5.74, 6) is 0.442. The van der Waals surface area contributed by atoms with Gasteiger partial charge in [-0.1, -0.05) is 31.9 Å². The molecule has 130 valence electrons. The molecule has 2 aromatic rings. The van der Waals surface area contributed by atoms with Gasteiger partial charge in [0.1, 0.15) is 5.75 Å². The van der Waals surface area contributed by atoms with E-state index in [1.165, 1.54) is 6.20 Å². The molecule has 0 spiro atoms. The summed E-state index contributed by atoms with van der Waals surface area (Å²) in [7, 11) is 1.54. The van der Waals surface area contributed by atoms with Crippen LogP contribution in [-0.2, 0) is 0 Å². The van der Waals surface area contributed by atoms with E-state index in [9.17, 15) is 9.90 Å². The lowest BCUT2D eigenvalue weighted by atomic mass is 9.99. The lowest BCUT2D eigenvalue weighted by Gasteiger charge is -2.22. The zero-order valence-corrected chi connectivity index (χ0v) is 14.7. The van der Waals surface area contributed by atoms with Gasteiger partial charge in [0.15, 0.2) is 0 Å².